The van der Waals surface area contributed by atoms with Gasteiger partial charge in [0.2, 0.25) is 0 Å². The van der Waals surface area contributed by atoms with E-state index in [4.69, 9.17) is 0 Å². The van der Waals surface area contributed by atoms with E-state index in [1.165, 1.54) is 66.1 Å². The smallest absolute Gasteiger partial charge is 0.372 e. The Balaban J connectivity index is 0.000000459. The summed E-state index contributed by atoms with van der Waals surface area (Å²) < 4.78 is 0. The van der Waals surface area contributed by atoms with E-state index in [1.807, 2.05) is 0 Å². The van der Waals surface area contributed by atoms with Crippen molar-refractivity contribution < 1.29 is 25.8 Å². The van der Waals surface area contributed by atoms with Crippen LogP contribution in [0.1, 0.15) is 112 Å². The fourth-order valence-corrected chi connectivity index (χ4v) is 6.14. The van der Waals surface area contributed by atoms with Crippen LogP contribution in [0.5, 0.6) is 0 Å². The molecule has 0 saturated heterocycles. The van der Waals surface area contributed by atoms with Crippen molar-refractivity contribution in [1.29, 1.82) is 0 Å². The van der Waals surface area contributed by atoms with Crippen molar-refractivity contribution in [3.63, 3.8) is 0 Å². The average molecular weight is 900 g/mol. The van der Waals surface area contributed by atoms with E-state index in [0.717, 1.165) is 6.42 Å². The van der Waals surface area contributed by atoms with E-state index < -0.39 is 0 Å². The second-order valence-corrected chi connectivity index (χ2v) is 17.6. The Bertz CT molecular complexity index is 1810. The van der Waals surface area contributed by atoms with Crippen molar-refractivity contribution >= 4 is 46.4 Å². The number of rotatable bonds is 2. The Labute approximate surface area is 348 Å². The normalized spacial score (nSPS) is 11.7. The van der Waals surface area contributed by atoms with Crippen molar-refractivity contribution in [2.24, 2.45) is 0 Å². The molecule has 6 aromatic rings. The van der Waals surface area contributed by atoms with E-state index >= 15 is 0 Å². The van der Waals surface area contributed by atoms with Gasteiger partial charge in [-0.05, 0) is 43.9 Å². The van der Waals surface area contributed by atoms with Gasteiger partial charge >= 0.3 is 25.8 Å². The third-order valence-corrected chi connectivity index (χ3v) is 9.36. The van der Waals surface area contributed by atoms with Crippen LogP contribution in [0, 0.1) is 13.8 Å². The third-order valence-electron chi connectivity index (χ3n) is 9.36. The van der Waals surface area contributed by atoms with E-state index in [-0.39, 0.29) is 72.3 Å². The summed E-state index contributed by atoms with van der Waals surface area (Å²) >= 11 is 0. The van der Waals surface area contributed by atoms with Crippen molar-refractivity contribution in [3.05, 3.63) is 145 Å². The maximum atomic E-state index is 3.38. The molecule has 0 N–H and O–H groups in total. The molecular weight excluding hydrogens is 838 g/mol. The standard InChI is InChI=1S/2C23H27.C3H6.2ClH.Hf/c2*1-22(2,3)18-12-10-16(11-13-18)20-9-7-8-17-14-19(15-21(17)20)23(4,5)6;1-3-2;;;/h2*7-15H,1-6H3;1-3H2;2*1H;/q2*-1;-2;;;+4. The van der Waals surface area contributed by atoms with Crippen LogP contribution in [0.3, 0.4) is 0 Å². The number of benzene rings is 4. The Kier molecular flexibility index (Phi) is 17.1. The molecule has 0 amide bonds. The first-order chi connectivity index (χ1) is 22.7. The van der Waals surface area contributed by atoms with E-state index in [1.54, 1.807) is 0 Å². The zero-order valence-corrected chi connectivity index (χ0v) is 39.1. The van der Waals surface area contributed by atoms with Crippen LogP contribution in [-0.4, -0.2) is 0 Å². The van der Waals surface area contributed by atoms with Gasteiger partial charge in [0, 0.05) is 0 Å². The molecule has 0 atom stereocenters. The first kappa shape index (κ1) is 47.6. The molecule has 0 heterocycles. The van der Waals surface area contributed by atoms with Crippen LogP contribution in [0.15, 0.2) is 109 Å². The van der Waals surface area contributed by atoms with Gasteiger partial charge in [0.1, 0.15) is 0 Å². The molecule has 0 aliphatic heterocycles. The second-order valence-electron chi connectivity index (χ2n) is 17.6. The molecule has 276 valence electrons. The van der Waals surface area contributed by atoms with Gasteiger partial charge < -0.3 is 20.3 Å². The summed E-state index contributed by atoms with van der Waals surface area (Å²) in [7, 11) is 0. The molecule has 6 rings (SSSR count). The molecule has 0 aliphatic rings. The minimum atomic E-state index is 0. The molecule has 0 aliphatic carbocycles. The van der Waals surface area contributed by atoms with Crippen LogP contribution in [0.4, 0.5) is 0 Å². The zero-order valence-electron chi connectivity index (χ0n) is 33.8. The zero-order chi connectivity index (χ0) is 36.4. The monoisotopic (exact) mass is 900 g/mol. The van der Waals surface area contributed by atoms with Gasteiger partial charge in [-0.1, -0.05) is 155 Å². The second kappa shape index (κ2) is 18.7. The molecule has 0 spiro atoms. The molecule has 0 saturated carbocycles. The quantitative estimate of drug-likeness (QED) is 0.120. The topological polar surface area (TPSA) is 0 Å². The van der Waals surface area contributed by atoms with E-state index in [2.05, 4.69) is 206 Å². The molecular formula is C49H62Cl2Hf. The molecule has 0 radical (unpaired) electrons. The van der Waals surface area contributed by atoms with Crippen molar-refractivity contribution in [2.45, 2.75) is 111 Å². The minimum Gasteiger partial charge on any atom is -0.372 e. The van der Waals surface area contributed by atoms with Crippen molar-refractivity contribution in [1.82, 2.24) is 0 Å². The van der Waals surface area contributed by atoms with Gasteiger partial charge in [-0.3, -0.25) is 0 Å². The van der Waals surface area contributed by atoms with Crippen molar-refractivity contribution in [2.75, 3.05) is 0 Å². The Hall–Kier alpha value is -2.45. The summed E-state index contributed by atoms with van der Waals surface area (Å²) in [6.45, 7) is 34.0. The van der Waals surface area contributed by atoms with Gasteiger partial charge in [-0.2, -0.15) is 12.1 Å². The summed E-state index contributed by atoms with van der Waals surface area (Å²) in [5, 5.41) is 5.40. The third kappa shape index (κ3) is 11.8. The SMILES string of the molecule is CC(C)(C)c1ccc(-c2cccc3[cH-]c(C(C)(C)C)cc23)cc1.CC(C)(C)c1ccc(-c2cccc3[cH-]c(C(C)(C)C)cc23)cc1.Cl.Cl.[CH2-]C[CH2-].[Hf+4]. The average Bonchev–Trinajstić information content (AvgIpc) is 3.67. The molecule has 0 fully saturated rings. The van der Waals surface area contributed by atoms with E-state index in [0.29, 0.717) is 0 Å². The van der Waals surface area contributed by atoms with Gasteiger partial charge in [0.25, 0.3) is 0 Å². The molecule has 0 unspecified atom stereocenters. The predicted molar refractivity (Wildman–Crippen MR) is 235 cm³/mol. The number of halogens is 2. The number of fused-ring (bicyclic) bond motifs is 2. The molecule has 0 aromatic heterocycles. The Morgan fingerprint density at radius 2 is 0.731 bits per heavy atom. The van der Waals surface area contributed by atoms with E-state index in [9.17, 15) is 0 Å². The van der Waals surface area contributed by atoms with Crippen molar-refractivity contribution in [3.8, 4) is 22.3 Å². The summed E-state index contributed by atoms with van der Waals surface area (Å²) in [5.74, 6) is 0. The minimum absolute atomic E-state index is 0. The summed E-state index contributed by atoms with van der Waals surface area (Å²) in [4.78, 5) is 0. The predicted octanol–water partition coefficient (Wildman–Crippen LogP) is 15.5. The van der Waals surface area contributed by atoms with Gasteiger partial charge in [0.15, 0.2) is 0 Å². The van der Waals surface area contributed by atoms with Gasteiger partial charge in [0.05, 0.1) is 0 Å². The Morgan fingerprint density at radius 3 is 0.981 bits per heavy atom. The fraction of sp³-hybridized carbons (Fsp3) is 0.347. The van der Waals surface area contributed by atoms with Crippen LogP contribution in [-0.2, 0) is 47.5 Å². The molecule has 52 heavy (non-hydrogen) atoms. The van der Waals surface area contributed by atoms with Crippen LogP contribution in [0.2, 0.25) is 0 Å². The number of hydrogen-bond donors (Lipinski definition) is 0. The molecule has 0 bridgehead atoms. The van der Waals surface area contributed by atoms with Crippen LogP contribution >= 0.6 is 24.8 Å². The fourth-order valence-electron chi connectivity index (χ4n) is 6.14. The summed E-state index contributed by atoms with van der Waals surface area (Å²) in [6, 6.07) is 40.8. The van der Waals surface area contributed by atoms with Gasteiger partial charge in [-0.25, -0.2) is 0 Å². The Morgan fingerprint density at radius 1 is 0.442 bits per heavy atom. The summed E-state index contributed by atoms with van der Waals surface area (Å²) in [6.07, 6.45) is 0.750. The van der Waals surface area contributed by atoms with Crippen LogP contribution in [0.25, 0.3) is 43.8 Å². The first-order valence-electron chi connectivity index (χ1n) is 17.9. The molecule has 3 heteroatoms. The molecule has 0 nitrogen and oxygen atoms in total. The molecule has 6 aromatic carbocycles. The number of hydrogen-bond acceptors (Lipinski definition) is 0. The van der Waals surface area contributed by atoms with Crippen LogP contribution < -0.4 is 0 Å². The first-order valence-corrected chi connectivity index (χ1v) is 17.9. The summed E-state index contributed by atoms with van der Waals surface area (Å²) in [5.41, 5.74) is 11.6. The maximum absolute atomic E-state index is 3.38. The maximum Gasteiger partial charge on any atom is 4.00 e. The largest absolute Gasteiger partial charge is 4.00 e. The van der Waals surface area contributed by atoms with Gasteiger partial charge in [-0.15, -0.1) is 93.9 Å².